The number of aliphatic hydroxyl groups is 1. The van der Waals surface area contributed by atoms with Crippen molar-refractivity contribution in [3.05, 3.63) is 77.1 Å². The molecule has 0 aromatic heterocycles. The molecule has 2 heterocycles. The lowest BCUT2D eigenvalue weighted by molar-refractivity contribution is -0.138. The van der Waals surface area contributed by atoms with Gasteiger partial charge in [-0.25, -0.2) is 17.1 Å². The van der Waals surface area contributed by atoms with Crippen LogP contribution in [-0.4, -0.2) is 95.5 Å². The number of likely N-dealkylation sites (tertiary alicyclic amines) is 1. The Hall–Kier alpha value is -4.53. The summed E-state index contributed by atoms with van der Waals surface area (Å²) in [5, 5.41) is 11.0. The number of benzene rings is 3. The zero-order valence-corrected chi connectivity index (χ0v) is 26.7. The second kappa shape index (κ2) is 12.3. The summed E-state index contributed by atoms with van der Waals surface area (Å²) >= 11 is 0. The Kier molecular flexibility index (Phi) is 8.81. The second-order valence-corrected chi connectivity index (χ2v) is 12.9. The van der Waals surface area contributed by atoms with Gasteiger partial charge in [-0.1, -0.05) is 6.07 Å². The van der Waals surface area contributed by atoms with E-state index in [9.17, 15) is 23.1 Å². The number of hydrogen-bond acceptors (Lipinski definition) is 10. The second-order valence-electron chi connectivity index (χ2n) is 11.2. The number of ether oxygens (including phenoxy) is 3. The van der Waals surface area contributed by atoms with E-state index >= 15 is 9.18 Å². The summed E-state index contributed by atoms with van der Waals surface area (Å²) in [6, 6.07) is 10.7. The number of aliphatic hydroxyl groups excluding tert-OH is 1. The van der Waals surface area contributed by atoms with Gasteiger partial charge >= 0.3 is 0 Å². The Morgan fingerprint density at radius 2 is 1.74 bits per heavy atom. The molecule has 1 saturated heterocycles. The molecule has 244 valence electrons. The lowest BCUT2D eigenvalue weighted by Gasteiger charge is -2.42. The first-order chi connectivity index (χ1) is 21.9. The van der Waals surface area contributed by atoms with Crippen LogP contribution in [0.4, 0.5) is 10.1 Å². The summed E-state index contributed by atoms with van der Waals surface area (Å²) in [6.07, 6.45) is -0.600. The van der Waals surface area contributed by atoms with Gasteiger partial charge in [-0.05, 0) is 54.4 Å². The number of β-amino-alcohol motifs (C(OH)–C–C–N with tert-alkyl or cyclic N) is 1. The van der Waals surface area contributed by atoms with Crippen LogP contribution in [0.2, 0.25) is 0 Å². The molecule has 0 spiro atoms. The third kappa shape index (κ3) is 5.06. The van der Waals surface area contributed by atoms with Crippen molar-refractivity contribution in [3.63, 3.8) is 0 Å². The van der Waals surface area contributed by atoms with Crippen LogP contribution in [0.3, 0.4) is 0 Å². The first-order valence-electron chi connectivity index (χ1n) is 14.3. The van der Waals surface area contributed by atoms with Crippen LogP contribution in [0, 0.1) is 5.82 Å². The normalized spacial score (nSPS) is 21.2. The van der Waals surface area contributed by atoms with Crippen molar-refractivity contribution in [2.45, 2.75) is 35.4 Å². The zero-order chi connectivity index (χ0) is 33.6. The Morgan fingerprint density at radius 1 is 1.02 bits per heavy atom. The van der Waals surface area contributed by atoms with Crippen LogP contribution in [-0.2, 0) is 36.4 Å². The monoisotopic (exact) mass is 655 g/mol. The number of hydrogen-bond donors (Lipinski definition) is 1. The minimum atomic E-state index is -4.80. The van der Waals surface area contributed by atoms with E-state index in [2.05, 4.69) is 0 Å². The third-order valence-electron chi connectivity index (χ3n) is 8.36. The largest absolute Gasteiger partial charge is 0.497 e. The number of methoxy groups -OCH3 is 3. The topological polar surface area (TPSA) is 143 Å². The van der Waals surface area contributed by atoms with Crippen LogP contribution in [0.25, 0.3) is 0 Å². The van der Waals surface area contributed by atoms with Gasteiger partial charge in [-0.2, -0.15) is 0 Å². The molecule has 3 aromatic carbocycles. The Bertz CT molecular complexity index is 1820. The molecular formula is C32H34FN3O9S. The summed E-state index contributed by atoms with van der Waals surface area (Å²) in [5.41, 5.74) is -1.98. The fourth-order valence-corrected chi connectivity index (χ4v) is 7.94. The lowest BCUT2D eigenvalue weighted by atomic mass is 9.80. The number of nitrogens with zero attached hydrogens (tertiary/aromatic N) is 3. The zero-order valence-electron chi connectivity index (χ0n) is 25.9. The van der Waals surface area contributed by atoms with Crippen molar-refractivity contribution in [2.24, 2.45) is 0 Å². The molecule has 2 aliphatic heterocycles. The molecule has 3 atom stereocenters. The van der Waals surface area contributed by atoms with Crippen LogP contribution in [0.1, 0.15) is 23.1 Å². The fraction of sp³-hybridized carbons (Fsp3) is 0.344. The van der Waals surface area contributed by atoms with Crippen LogP contribution < -0.4 is 18.5 Å². The van der Waals surface area contributed by atoms with Crippen molar-refractivity contribution in [2.75, 3.05) is 46.3 Å². The van der Waals surface area contributed by atoms with E-state index in [0.29, 0.717) is 21.9 Å². The highest BCUT2D eigenvalue weighted by Crippen LogP contribution is 2.55. The molecule has 14 heteroatoms. The van der Waals surface area contributed by atoms with Gasteiger partial charge in [0.1, 0.15) is 34.2 Å². The predicted octanol–water partition coefficient (Wildman–Crippen LogP) is 2.10. The number of halogens is 1. The fourth-order valence-electron chi connectivity index (χ4n) is 6.34. The molecule has 0 aliphatic carbocycles. The van der Waals surface area contributed by atoms with Crippen molar-refractivity contribution < 1.29 is 46.5 Å². The lowest BCUT2D eigenvalue weighted by Crippen LogP contribution is -2.59. The van der Waals surface area contributed by atoms with Gasteiger partial charge in [0, 0.05) is 44.3 Å². The third-order valence-corrected chi connectivity index (χ3v) is 10.1. The average Bonchev–Trinajstić information content (AvgIpc) is 3.54. The number of carbonyl (C=O) groups excluding carboxylic acids is 3. The number of carbonyl (C=O) groups is 3. The van der Waals surface area contributed by atoms with E-state index in [1.807, 2.05) is 0 Å². The molecule has 5 rings (SSSR count). The molecule has 46 heavy (non-hydrogen) atoms. The van der Waals surface area contributed by atoms with E-state index in [-0.39, 0.29) is 52.6 Å². The molecule has 0 saturated carbocycles. The minimum absolute atomic E-state index is 0.0645. The number of sulfonamides is 1. The quantitative estimate of drug-likeness (QED) is 0.323. The van der Waals surface area contributed by atoms with E-state index in [4.69, 9.17) is 14.2 Å². The number of rotatable bonds is 10. The number of anilines is 1. The highest BCUT2D eigenvalue weighted by Gasteiger charge is 2.64. The maximum Gasteiger partial charge on any atom is 0.274 e. The Balaban J connectivity index is 1.90. The van der Waals surface area contributed by atoms with Crippen LogP contribution in [0.15, 0.2) is 59.5 Å². The average molecular weight is 656 g/mol. The molecule has 2 amide bonds. The molecule has 0 bridgehead atoms. The van der Waals surface area contributed by atoms with Gasteiger partial charge in [-0.3, -0.25) is 14.5 Å². The molecule has 0 radical (unpaired) electrons. The van der Waals surface area contributed by atoms with Gasteiger partial charge in [0.2, 0.25) is 5.91 Å². The Morgan fingerprint density at radius 3 is 2.37 bits per heavy atom. The molecule has 1 N–H and O–H groups in total. The van der Waals surface area contributed by atoms with Gasteiger partial charge < -0.3 is 29.0 Å². The summed E-state index contributed by atoms with van der Waals surface area (Å²) in [6.45, 7) is -0.257. The van der Waals surface area contributed by atoms with Crippen molar-refractivity contribution in [3.8, 4) is 17.2 Å². The first-order valence-corrected chi connectivity index (χ1v) is 15.7. The van der Waals surface area contributed by atoms with Gasteiger partial charge in [0.25, 0.3) is 15.9 Å². The number of likely N-dealkylation sites (N-methyl/N-ethyl adjacent to an activating group) is 1. The molecule has 3 aromatic rings. The van der Waals surface area contributed by atoms with Crippen LogP contribution in [0.5, 0.6) is 17.2 Å². The maximum absolute atomic E-state index is 15.3. The molecule has 1 fully saturated rings. The highest BCUT2D eigenvalue weighted by atomic mass is 32.2. The molecule has 1 unspecified atom stereocenters. The van der Waals surface area contributed by atoms with Gasteiger partial charge in [-0.15, -0.1) is 0 Å². The number of amides is 2. The van der Waals surface area contributed by atoms with E-state index in [1.54, 1.807) is 6.07 Å². The summed E-state index contributed by atoms with van der Waals surface area (Å²) in [4.78, 5) is 42.8. The van der Waals surface area contributed by atoms with E-state index < -0.39 is 45.3 Å². The Labute approximate surface area is 265 Å². The summed E-state index contributed by atoms with van der Waals surface area (Å²) in [7, 11) is 2.23. The summed E-state index contributed by atoms with van der Waals surface area (Å²) in [5.74, 6) is -2.03. The number of fused-ring (bicyclic) bond motifs is 1. The van der Waals surface area contributed by atoms with E-state index in [0.717, 1.165) is 12.1 Å². The summed E-state index contributed by atoms with van der Waals surface area (Å²) < 4.78 is 61.3. The molecule has 2 aliphatic rings. The standard InChI is InChI=1S/C32H34FN3O9S/c1-34(2)30(39)26-16-21(38)18-35(26)32(24-14-19(12-13-37)6-10-27(24)44-4)23-15-20(33)7-9-25(23)36(31(32)40)46(41,42)29-11-8-22(43-3)17-28(29)45-5/h6-11,13-15,17,21,26,38H,12,16,18H2,1-5H3/t21-,26+,32?/m1/s1. The highest BCUT2D eigenvalue weighted by molar-refractivity contribution is 7.93. The van der Waals surface area contributed by atoms with Gasteiger partial charge in [0.05, 0.1) is 39.2 Å². The van der Waals surface area contributed by atoms with Gasteiger partial charge in [0.15, 0.2) is 5.54 Å². The molecular weight excluding hydrogens is 621 g/mol. The smallest absolute Gasteiger partial charge is 0.274 e. The van der Waals surface area contributed by atoms with E-state index in [1.165, 1.54) is 81.6 Å². The molecule has 12 nitrogen and oxygen atoms in total. The van der Waals surface area contributed by atoms with Crippen LogP contribution >= 0.6 is 0 Å². The first kappa shape index (κ1) is 32.9. The predicted molar refractivity (Wildman–Crippen MR) is 164 cm³/mol. The van der Waals surface area contributed by atoms with Crippen molar-refractivity contribution >= 4 is 33.8 Å². The van der Waals surface area contributed by atoms with Crippen molar-refractivity contribution in [1.82, 2.24) is 9.80 Å². The maximum atomic E-state index is 15.3. The minimum Gasteiger partial charge on any atom is -0.497 e. The SMILES string of the molecule is COc1ccc(S(=O)(=O)N2C(=O)C(c3cc(CC=O)ccc3OC)(N3C[C@H](O)C[C@H]3C(=O)N(C)C)c3cc(F)ccc32)c(OC)c1. The number of aldehydes is 1. The van der Waals surface area contributed by atoms with Crippen molar-refractivity contribution in [1.29, 1.82) is 0 Å².